The quantitative estimate of drug-likeness (QED) is 0.816. The molecule has 0 unspecified atom stereocenters. The maximum atomic E-state index is 12.2. The Morgan fingerprint density at radius 2 is 2.14 bits per heavy atom. The van der Waals surface area contributed by atoms with E-state index >= 15 is 0 Å². The lowest BCUT2D eigenvalue weighted by molar-refractivity contribution is -0.130. The smallest absolute Gasteiger partial charge is 0.222 e. The number of hydrogen-bond acceptors (Lipinski definition) is 5. The van der Waals surface area contributed by atoms with E-state index < -0.39 is 0 Å². The lowest BCUT2D eigenvalue weighted by atomic mass is 9.86. The zero-order valence-corrected chi connectivity index (χ0v) is 13.5. The summed E-state index contributed by atoms with van der Waals surface area (Å²) in [6, 6.07) is 3.95. The van der Waals surface area contributed by atoms with Crippen LogP contribution in [0.5, 0.6) is 0 Å². The predicted octanol–water partition coefficient (Wildman–Crippen LogP) is 1.000. The SMILES string of the molecule is CCN1CC[C@]2(CCC1=O)CN(c1cccnn1)CCN2C. The molecule has 0 bridgehead atoms. The van der Waals surface area contributed by atoms with Crippen LogP contribution in [-0.4, -0.2) is 71.2 Å². The van der Waals surface area contributed by atoms with Crippen molar-refractivity contribution in [2.45, 2.75) is 31.7 Å². The number of amides is 1. The Morgan fingerprint density at radius 1 is 1.27 bits per heavy atom. The summed E-state index contributed by atoms with van der Waals surface area (Å²) in [7, 11) is 2.19. The highest BCUT2D eigenvalue weighted by molar-refractivity contribution is 5.76. The van der Waals surface area contributed by atoms with Crippen LogP contribution in [0.3, 0.4) is 0 Å². The zero-order chi connectivity index (χ0) is 15.6. The van der Waals surface area contributed by atoms with Gasteiger partial charge in [0, 0.05) is 50.9 Å². The number of rotatable bonds is 2. The lowest BCUT2D eigenvalue weighted by Gasteiger charge is -2.49. The molecule has 6 heteroatoms. The Bertz CT molecular complexity index is 523. The molecule has 0 saturated carbocycles. The number of nitrogens with zero attached hydrogens (tertiary/aromatic N) is 5. The number of hydrogen-bond donors (Lipinski definition) is 0. The molecule has 1 amide bonds. The fourth-order valence-corrected chi connectivity index (χ4v) is 3.69. The minimum Gasteiger partial charge on any atom is -0.352 e. The summed E-state index contributed by atoms with van der Waals surface area (Å²) in [4.78, 5) is 19.0. The Balaban J connectivity index is 1.80. The molecule has 22 heavy (non-hydrogen) atoms. The maximum absolute atomic E-state index is 12.2. The van der Waals surface area contributed by atoms with Gasteiger partial charge in [-0.15, -0.1) is 5.10 Å². The number of carbonyl (C=O) groups is 1. The van der Waals surface area contributed by atoms with Crippen LogP contribution >= 0.6 is 0 Å². The van der Waals surface area contributed by atoms with E-state index in [-0.39, 0.29) is 5.54 Å². The summed E-state index contributed by atoms with van der Waals surface area (Å²) in [5.74, 6) is 1.24. The molecular weight excluding hydrogens is 278 g/mol. The minimum absolute atomic E-state index is 0.0648. The first-order valence-corrected chi connectivity index (χ1v) is 8.16. The molecule has 1 spiro atoms. The van der Waals surface area contributed by atoms with Crippen molar-refractivity contribution < 1.29 is 4.79 Å². The summed E-state index contributed by atoms with van der Waals surface area (Å²) >= 11 is 0. The second-order valence-electron chi connectivity index (χ2n) is 6.37. The first-order valence-electron chi connectivity index (χ1n) is 8.16. The van der Waals surface area contributed by atoms with Gasteiger partial charge in [0.25, 0.3) is 0 Å². The summed E-state index contributed by atoms with van der Waals surface area (Å²) in [6.45, 7) is 6.61. The second-order valence-corrected chi connectivity index (χ2v) is 6.37. The lowest BCUT2D eigenvalue weighted by Crippen LogP contribution is -2.61. The van der Waals surface area contributed by atoms with Crippen molar-refractivity contribution in [2.24, 2.45) is 0 Å². The molecule has 0 aliphatic carbocycles. The van der Waals surface area contributed by atoms with Gasteiger partial charge in [0.2, 0.25) is 5.91 Å². The van der Waals surface area contributed by atoms with Crippen LogP contribution in [0.2, 0.25) is 0 Å². The van der Waals surface area contributed by atoms with E-state index in [2.05, 4.69) is 34.0 Å². The van der Waals surface area contributed by atoms with Crippen LogP contribution in [0, 0.1) is 0 Å². The Hall–Kier alpha value is -1.69. The molecule has 2 fully saturated rings. The molecule has 2 aliphatic rings. The van der Waals surface area contributed by atoms with Crippen LogP contribution in [0.4, 0.5) is 5.82 Å². The van der Waals surface area contributed by atoms with Crippen LogP contribution < -0.4 is 4.90 Å². The fourth-order valence-electron chi connectivity index (χ4n) is 3.69. The number of likely N-dealkylation sites (tertiary alicyclic amines) is 1. The topological polar surface area (TPSA) is 52.6 Å². The molecule has 0 radical (unpaired) electrons. The average molecular weight is 303 g/mol. The van der Waals surface area contributed by atoms with Crippen molar-refractivity contribution in [1.82, 2.24) is 20.0 Å². The Labute approximate surface area is 132 Å². The van der Waals surface area contributed by atoms with Crippen LogP contribution in [0.25, 0.3) is 0 Å². The van der Waals surface area contributed by atoms with Gasteiger partial charge in [-0.05, 0) is 38.9 Å². The molecule has 2 saturated heterocycles. The van der Waals surface area contributed by atoms with Crippen LogP contribution in [-0.2, 0) is 4.79 Å². The van der Waals surface area contributed by atoms with Gasteiger partial charge in [-0.2, -0.15) is 5.10 Å². The molecule has 1 atom stereocenters. The average Bonchev–Trinajstić information content (AvgIpc) is 2.71. The summed E-state index contributed by atoms with van der Waals surface area (Å²) < 4.78 is 0. The highest BCUT2D eigenvalue weighted by Crippen LogP contribution is 2.33. The summed E-state index contributed by atoms with van der Waals surface area (Å²) in [6.07, 6.45) is 4.31. The van der Waals surface area contributed by atoms with Gasteiger partial charge in [0.1, 0.15) is 0 Å². The molecule has 3 heterocycles. The van der Waals surface area contributed by atoms with Crippen molar-refractivity contribution in [3.8, 4) is 0 Å². The predicted molar refractivity (Wildman–Crippen MR) is 85.7 cm³/mol. The molecule has 6 nitrogen and oxygen atoms in total. The first kappa shape index (κ1) is 15.2. The minimum atomic E-state index is 0.0648. The van der Waals surface area contributed by atoms with Crippen molar-refractivity contribution in [2.75, 3.05) is 44.7 Å². The van der Waals surface area contributed by atoms with Gasteiger partial charge < -0.3 is 9.80 Å². The van der Waals surface area contributed by atoms with E-state index in [9.17, 15) is 4.79 Å². The number of carbonyl (C=O) groups excluding carboxylic acids is 1. The number of anilines is 1. The first-order chi connectivity index (χ1) is 10.6. The van der Waals surface area contributed by atoms with Gasteiger partial charge in [-0.1, -0.05) is 0 Å². The van der Waals surface area contributed by atoms with Gasteiger partial charge in [-0.25, -0.2) is 0 Å². The third-order valence-corrected chi connectivity index (χ3v) is 5.27. The van der Waals surface area contributed by atoms with Crippen LogP contribution in [0.1, 0.15) is 26.2 Å². The maximum Gasteiger partial charge on any atom is 0.222 e. The second kappa shape index (κ2) is 6.20. The molecule has 0 N–H and O–H groups in total. The molecule has 3 rings (SSSR count). The molecule has 1 aromatic heterocycles. The molecule has 2 aliphatic heterocycles. The van der Waals surface area contributed by atoms with E-state index in [4.69, 9.17) is 0 Å². The summed E-state index contributed by atoms with van der Waals surface area (Å²) in [5.41, 5.74) is 0.0648. The van der Waals surface area contributed by atoms with Gasteiger partial charge >= 0.3 is 0 Å². The number of aromatic nitrogens is 2. The van der Waals surface area contributed by atoms with Gasteiger partial charge in [0.15, 0.2) is 5.82 Å². The van der Waals surface area contributed by atoms with Gasteiger partial charge in [-0.3, -0.25) is 9.69 Å². The van der Waals surface area contributed by atoms with E-state index in [1.54, 1.807) is 6.20 Å². The Morgan fingerprint density at radius 3 is 2.86 bits per heavy atom. The fraction of sp³-hybridized carbons (Fsp3) is 0.688. The van der Waals surface area contributed by atoms with Gasteiger partial charge in [0.05, 0.1) is 0 Å². The van der Waals surface area contributed by atoms with Crippen molar-refractivity contribution in [3.63, 3.8) is 0 Å². The highest BCUT2D eigenvalue weighted by Gasteiger charge is 2.42. The highest BCUT2D eigenvalue weighted by atomic mass is 16.2. The molecule has 120 valence electrons. The summed E-state index contributed by atoms with van der Waals surface area (Å²) in [5, 5.41) is 8.26. The normalized spacial score (nSPS) is 27.3. The largest absolute Gasteiger partial charge is 0.352 e. The van der Waals surface area contributed by atoms with Crippen molar-refractivity contribution in [1.29, 1.82) is 0 Å². The standard InChI is InChI=1S/C16H25N5O/c1-3-20-10-8-16(7-6-15(20)22)13-21(12-11-19(16)2)14-5-4-9-17-18-14/h4-5,9H,3,6-8,10-13H2,1-2H3/t16-/m1/s1. The van der Waals surface area contributed by atoms with Crippen molar-refractivity contribution in [3.05, 3.63) is 18.3 Å². The third kappa shape index (κ3) is 2.79. The van der Waals surface area contributed by atoms with E-state index in [0.717, 1.165) is 51.4 Å². The van der Waals surface area contributed by atoms with Crippen molar-refractivity contribution >= 4 is 11.7 Å². The van der Waals surface area contributed by atoms with Crippen LogP contribution in [0.15, 0.2) is 18.3 Å². The zero-order valence-electron chi connectivity index (χ0n) is 13.5. The molecule has 1 aromatic rings. The third-order valence-electron chi connectivity index (χ3n) is 5.27. The number of likely N-dealkylation sites (N-methyl/N-ethyl adjacent to an activating group) is 1. The van der Waals surface area contributed by atoms with E-state index in [1.165, 1.54) is 0 Å². The number of piperazine rings is 1. The molecule has 0 aromatic carbocycles. The monoisotopic (exact) mass is 303 g/mol. The Kier molecular flexibility index (Phi) is 4.29. The van der Waals surface area contributed by atoms with E-state index in [0.29, 0.717) is 12.3 Å². The van der Waals surface area contributed by atoms with E-state index in [1.807, 2.05) is 17.0 Å². The molecular formula is C16H25N5O.